The van der Waals surface area contributed by atoms with E-state index in [0.717, 1.165) is 4.90 Å². The number of hydrogen-bond acceptors (Lipinski definition) is 7. The van der Waals surface area contributed by atoms with Crippen LogP contribution < -0.4 is 4.74 Å². The van der Waals surface area contributed by atoms with Crippen LogP contribution in [0.2, 0.25) is 0 Å². The molecule has 8 nitrogen and oxygen atoms in total. The molecule has 188 valence electrons. The van der Waals surface area contributed by atoms with Crippen molar-refractivity contribution in [2.45, 2.75) is 75.3 Å². The molecule has 1 aliphatic carbocycles. The number of aromatic nitrogens is 2. The van der Waals surface area contributed by atoms with E-state index in [-0.39, 0.29) is 55.8 Å². The second-order valence-electron chi connectivity index (χ2n) is 8.01. The van der Waals surface area contributed by atoms with Crippen molar-refractivity contribution in [1.29, 1.82) is 5.26 Å². The van der Waals surface area contributed by atoms with Crippen molar-refractivity contribution < 1.29 is 45.3 Å². The van der Waals surface area contributed by atoms with E-state index in [0.29, 0.717) is 25.7 Å². The zero-order valence-electron chi connectivity index (χ0n) is 17.8. The van der Waals surface area contributed by atoms with E-state index < -0.39 is 24.5 Å². The molecule has 2 heterocycles. The molecule has 14 heteroatoms. The van der Waals surface area contributed by atoms with Gasteiger partial charge < -0.3 is 19.1 Å². The first-order valence-electron chi connectivity index (χ1n) is 10.6. The number of amides is 1. The minimum Gasteiger partial charge on any atom is -0.472 e. The van der Waals surface area contributed by atoms with Gasteiger partial charge in [0.25, 0.3) is 12.0 Å². The van der Waals surface area contributed by atoms with Crippen LogP contribution in [0.5, 0.6) is 5.88 Å². The Hall–Kier alpha value is -2.82. The summed E-state index contributed by atoms with van der Waals surface area (Å²) >= 11 is 0. The Morgan fingerprint density at radius 1 is 0.941 bits per heavy atom. The maximum Gasteiger partial charge on any atom is 0.434 e. The molecule has 0 N–H and O–H groups in total. The van der Waals surface area contributed by atoms with Gasteiger partial charge in [-0.3, -0.25) is 0 Å². The normalized spacial score (nSPS) is 22.4. The molecule has 0 unspecified atom stereocenters. The van der Waals surface area contributed by atoms with E-state index in [1.807, 2.05) is 6.07 Å². The summed E-state index contributed by atoms with van der Waals surface area (Å²) in [5.74, 6) is 0.173. The number of rotatable bonds is 5. The lowest BCUT2D eigenvalue weighted by molar-refractivity contribution is -0.308. The molecule has 1 aromatic rings. The molecule has 1 aliphatic heterocycles. The number of halogens is 6. The molecule has 1 saturated heterocycles. The Morgan fingerprint density at radius 2 is 1.47 bits per heavy atom. The van der Waals surface area contributed by atoms with Crippen molar-refractivity contribution in [2.75, 3.05) is 13.1 Å². The molecule has 2 fully saturated rings. The van der Waals surface area contributed by atoms with Gasteiger partial charge in [0.05, 0.1) is 12.2 Å². The van der Waals surface area contributed by atoms with Gasteiger partial charge >= 0.3 is 18.4 Å². The molecular formula is C20H22F6N4O4. The zero-order valence-corrected chi connectivity index (χ0v) is 17.8. The summed E-state index contributed by atoms with van der Waals surface area (Å²) in [5.41, 5.74) is 0.1000. The molecule has 0 aromatic carbocycles. The monoisotopic (exact) mass is 496 g/mol. The Labute approximate surface area is 190 Å². The van der Waals surface area contributed by atoms with Crippen LogP contribution >= 0.6 is 0 Å². The van der Waals surface area contributed by atoms with Crippen molar-refractivity contribution in [3.8, 4) is 11.9 Å². The summed E-state index contributed by atoms with van der Waals surface area (Å²) < 4.78 is 91.0. The number of likely N-dealkylation sites (tertiary alicyclic amines) is 1. The van der Waals surface area contributed by atoms with Gasteiger partial charge in [-0.25, -0.2) is 14.8 Å². The Morgan fingerprint density at radius 3 is 2.03 bits per heavy atom. The lowest BCUT2D eigenvalue weighted by Crippen LogP contribution is -2.50. The van der Waals surface area contributed by atoms with Gasteiger partial charge in [-0.15, -0.1) is 0 Å². The zero-order chi connectivity index (χ0) is 24.9. The number of nitriles is 1. The summed E-state index contributed by atoms with van der Waals surface area (Å²) in [5, 5.41) is 9.05. The molecule has 1 amide bonds. The Bertz CT molecular complexity index is 861. The largest absolute Gasteiger partial charge is 0.472 e. The van der Waals surface area contributed by atoms with E-state index in [9.17, 15) is 31.1 Å². The molecule has 1 aromatic heterocycles. The number of piperidine rings is 1. The van der Waals surface area contributed by atoms with Gasteiger partial charge in [0.1, 0.15) is 12.2 Å². The summed E-state index contributed by atoms with van der Waals surface area (Å²) in [4.78, 5) is 20.6. The van der Waals surface area contributed by atoms with E-state index in [1.165, 1.54) is 12.4 Å². The molecule has 3 rings (SSSR count). The van der Waals surface area contributed by atoms with Crippen molar-refractivity contribution in [3.05, 3.63) is 18.1 Å². The summed E-state index contributed by atoms with van der Waals surface area (Å²) in [6, 6.07) is 1.91. The first-order chi connectivity index (χ1) is 16.0. The average molecular weight is 496 g/mol. The second-order valence-corrected chi connectivity index (χ2v) is 8.01. The van der Waals surface area contributed by atoms with Crippen LogP contribution in [0.4, 0.5) is 31.1 Å². The van der Waals surface area contributed by atoms with E-state index in [4.69, 9.17) is 14.7 Å². The van der Waals surface area contributed by atoms with Crippen LogP contribution in [0.15, 0.2) is 12.4 Å². The SMILES string of the molecule is N#Cc1nccnc1OC1CCC(OC2CCN(C(=O)OC(C(F)(F)F)C(F)(F)F)CC2)CC1. The molecule has 0 atom stereocenters. The highest BCUT2D eigenvalue weighted by Gasteiger charge is 2.60. The number of ether oxygens (including phenoxy) is 3. The minimum atomic E-state index is -5.75. The minimum absolute atomic E-state index is 0.0754. The number of hydrogen-bond donors (Lipinski definition) is 0. The molecule has 1 saturated carbocycles. The van der Waals surface area contributed by atoms with E-state index in [2.05, 4.69) is 14.7 Å². The number of alkyl halides is 6. The topological polar surface area (TPSA) is 97.6 Å². The standard InChI is InChI=1S/C20H22F6N4O4/c21-19(22,23)17(20(24,25)26)34-18(31)30-9-5-14(6-10-30)32-12-1-3-13(4-2-12)33-16-15(11-27)28-7-8-29-16/h7-8,12-14,17H,1-6,9-10H2. The highest BCUT2D eigenvalue weighted by Crippen LogP contribution is 2.36. The van der Waals surface area contributed by atoms with Crippen LogP contribution in [-0.2, 0) is 9.47 Å². The quantitative estimate of drug-likeness (QED) is 0.565. The molecule has 2 aliphatic rings. The lowest BCUT2D eigenvalue weighted by Gasteiger charge is -2.36. The van der Waals surface area contributed by atoms with Crippen molar-refractivity contribution >= 4 is 6.09 Å². The smallest absolute Gasteiger partial charge is 0.434 e. The van der Waals surface area contributed by atoms with Gasteiger partial charge in [-0.1, -0.05) is 0 Å². The summed E-state index contributed by atoms with van der Waals surface area (Å²) in [6.07, 6.45) is -11.9. The maximum atomic E-state index is 12.6. The van der Waals surface area contributed by atoms with Crippen LogP contribution in [0, 0.1) is 11.3 Å². The summed E-state index contributed by atoms with van der Waals surface area (Å²) in [7, 11) is 0. The van der Waals surface area contributed by atoms with Gasteiger partial charge in [0, 0.05) is 25.5 Å². The second kappa shape index (κ2) is 10.6. The molecular weight excluding hydrogens is 474 g/mol. The van der Waals surface area contributed by atoms with E-state index in [1.54, 1.807) is 0 Å². The third-order valence-corrected chi connectivity index (χ3v) is 5.57. The number of carbonyl (C=O) groups excluding carboxylic acids is 1. The van der Waals surface area contributed by atoms with Crippen LogP contribution in [0.25, 0.3) is 0 Å². The Balaban J connectivity index is 1.41. The predicted molar refractivity (Wildman–Crippen MR) is 101 cm³/mol. The van der Waals surface area contributed by atoms with Crippen molar-refractivity contribution in [2.24, 2.45) is 0 Å². The third-order valence-electron chi connectivity index (χ3n) is 5.57. The van der Waals surface area contributed by atoms with Crippen LogP contribution in [-0.4, -0.2) is 70.8 Å². The van der Waals surface area contributed by atoms with Gasteiger partial charge in [-0.2, -0.15) is 31.6 Å². The van der Waals surface area contributed by atoms with Crippen molar-refractivity contribution in [1.82, 2.24) is 14.9 Å². The summed E-state index contributed by atoms with van der Waals surface area (Å²) in [6.45, 7) is -0.151. The van der Waals surface area contributed by atoms with Gasteiger partial charge in [0.15, 0.2) is 0 Å². The van der Waals surface area contributed by atoms with Crippen LogP contribution in [0.3, 0.4) is 0 Å². The number of carbonyl (C=O) groups is 1. The van der Waals surface area contributed by atoms with E-state index >= 15 is 0 Å². The fourth-order valence-electron chi connectivity index (χ4n) is 3.87. The first-order valence-corrected chi connectivity index (χ1v) is 10.6. The number of nitrogens with zero attached hydrogens (tertiary/aromatic N) is 4. The van der Waals surface area contributed by atoms with Gasteiger partial charge in [-0.05, 0) is 38.5 Å². The lowest BCUT2D eigenvalue weighted by atomic mass is 9.94. The maximum absolute atomic E-state index is 12.6. The van der Waals surface area contributed by atoms with Gasteiger partial charge in [0.2, 0.25) is 5.69 Å². The highest BCUT2D eigenvalue weighted by atomic mass is 19.4. The Kier molecular flexibility index (Phi) is 8.06. The first kappa shape index (κ1) is 25.8. The highest BCUT2D eigenvalue weighted by molar-refractivity contribution is 5.68. The fraction of sp³-hybridized carbons (Fsp3) is 0.700. The average Bonchev–Trinajstić information content (AvgIpc) is 2.78. The third kappa shape index (κ3) is 6.85. The molecule has 0 spiro atoms. The molecule has 0 radical (unpaired) electrons. The van der Waals surface area contributed by atoms with Crippen LogP contribution in [0.1, 0.15) is 44.2 Å². The predicted octanol–water partition coefficient (Wildman–Crippen LogP) is 4.15. The molecule has 0 bridgehead atoms. The van der Waals surface area contributed by atoms with Crippen molar-refractivity contribution in [3.63, 3.8) is 0 Å². The fourth-order valence-corrected chi connectivity index (χ4v) is 3.87. The molecule has 34 heavy (non-hydrogen) atoms.